The van der Waals surface area contributed by atoms with E-state index < -0.39 is 17.7 Å². The lowest BCUT2D eigenvalue weighted by Crippen LogP contribution is -2.11. The molecule has 1 aromatic carbocycles. The molecule has 0 radical (unpaired) electrons. The second-order valence-corrected chi connectivity index (χ2v) is 5.20. The van der Waals surface area contributed by atoms with Crippen molar-refractivity contribution in [2.24, 2.45) is 0 Å². The van der Waals surface area contributed by atoms with Gasteiger partial charge in [0, 0.05) is 6.42 Å². The summed E-state index contributed by atoms with van der Waals surface area (Å²) < 4.78 is 42.5. The highest BCUT2D eigenvalue weighted by molar-refractivity contribution is 5.69. The lowest BCUT2D eigenvalue weighted by molar-refractivity contribution is -0.143. The van der Waals surface area contributed by atoms with E-state index in [4.69, 9.17) is 14.2 Å². The standard InChI is InChI=1S/C16H20F2O4/c1-3-20-16(19)5-4-11-6-14(17)15(18)7-13(11)10(2)21-8-12-9-22-12/h6-7,10,12H,3-5,8-9H2,1-2H3/t10-,12+/m1/s1. The first-order chi connectivity index (χ1) is 10.5. The molecule has 0 aliphatic carbocycles. The Balaban J connectivity index is 2.07. The molecule has 1 heterocycles. The van der Waals surface area contributed by atoms with Crippen LogP contribution in [0, 0.1) is 11.6 Å². The molecule has 1 aliphatic heterocycles. The van der Waals surface area contributed by atoms with Crippen LogP contribution in [0.3, 0.4) is 0 Å². The van der Waals surface area contributed by atoms with Crippen LogP contribution >= 0.6 is 0 Å². The van der Waals surface area contributed by atoms with Gasteiger partial charge in [0.15, 0.2) is 11.6 Å². The van der Waals surface area contributed by atoms with E-state index in [1.54, 1.807) is 13.8 Å². The van der Waals surface area contributed by atoms with Gasteiger partial charge >= 0.3 is 5.97 Å². The number of carbonyl (C=O) groups is 1. The Morgan fingerprint density at radius 1 is 1.41 bits per heavy atom. The minimum Gasteiger partial charge on any atom is -0.466 e. The Hall–Kier alpha value is -1.53. The van der Waals surface area contributed by atoms with Crippen LogP contribution in [-0.2, 0) is 25.4 Å². The van der Waals surface area contributed by atoms with Crippen LogP contribution in [0.25, 0.3) is 0 Å². The van der Waals surface area contributed by atoms with E-state index >= 15 is 0 Å². The topological polar surface area (TPSA) is 48.1 Å². The Morgan fingerprint density at radius 3 is 2.73 bits per heavy atom. The molecule has 22 heavy (non-hydrogen) atoms. The van der Waals surface area contributed by atoms with Gasteiger partial charge in [-0.25, -0.2) is 8.78 Å². The number of carbonyl (C=O) groups excluding carboxylic acids is 1. The number of hydrogen-bond acceptors (Lipinski definition) is 4. The number of halogens is 2. The summed E-state index contributed by atoms with van der Waals surface area (Å²) in [6.45, 7) is 4.86. The van der Waals surface area contributed by atoms with E-state index in [1.807, 2.05) is 0 Å². The SMILES string of the molecule is CCOC(=O)CCc1cc(F)c(F)cc1[C@@H](C)OC[C@H]1CO1. The largest absolute Gasteiger partial charge is 0.466 e. The Bertz CT molecular complexity index is 529. The summed E-state index contributed by atoms with van der Waals surface area (Å²) in [4.78, 5) is 11.4. The summed E-state index contributed by atoms with van der Waals surface area (Å²) in [7, 11) is 0. The van der Waals surface area contributed by atoms with Crippen LogP contribution in [-0.4, -0.2) is 31.9 Å². The molecule has 0 saturated carbocycles. The zero-order valence-corrected chi connectivity index (χ0v) is 12.7. The van der Waals surface area contributed by atoms with Gasteiger partial charge in [0.05, 0.1) is 25.9 Å². The zero-order chi connectivity index (χ0) is 16.1. The first-order valence-corrected chi connectivity index (χ1v) is 7.38. The maximum absolute atomic E-state index is 13.5. The van der Waals surface area contributed by atoms with Gasteiger partial charge in [-0.2, -0.15) is 0 Å². The number of aryl methyl sites for hydroxylation is 1. The van der Waals surface area contributed by atoms with Crippen LogP contribution in [0.15, 0.2) is 12.1 Å². The highest BCUT2D eigenvalue weighted by atomic mass is 19.2. The van der Waals surface area contributed by atoms with Crippen molar-refractivity contribution in [2.45, 2.75) is 38.9 Å². The van der Waals surface area contributed by atoms with Crippen molar-refractivity contribution in [3.05, 3.63) is 34.9 Å². The third-order valence-corrected chi connectivity index (χ3v) is 3.46. The smallest absolute Gasteiger partial charge is 0.306 e. The van der Waals surface area contributed by atoms with Crippen LogP contribution < -0.4 is 0 Å². The molecule has 2 atom stereocenters. The Kier molecular flexibility index (Phi) is 5.85. The number of hydrogen-bond donors (Lipinski definition) is 0. The molecule has 0 N–H and O–H groups in total. The van der Waals surface area contributed by atoms with Crippen molar-refractivity contribution in [2.75, 3.05) is 19.8 Å². The van der Waals surface area contributed by atoms with Crippen LogP contribution in [0.4, 0.5) is 8.78 Å². The molecular weight excluding hydrogens is 294 g/mol. The number of esters is 1. The lowest BCUT2D eigenvalue weighted by Gasteiger charge is -2.17. The molecule has 122 valence electrons. The predicted molar refractivity (Wildman–Crippen MR) is 75.4 cm³/mol. The van der Waals surface area contributed by atoms with Crippen molar-refractivity contribution in [1.29, 1.82) is 0 Å². The molecule has 0 bridgehead atoms. The van der Waals surface area contributed by atoms with Gasteiger partial charge in [0.25, 0.3) is 0 Å². The molecule has 0 aromatic heterocycles. The highest BCUT2D eigenvalue weighted by Gasteiger charge is 2.24. The van der Waals surface area contributed by atoms with Gasteiger partial charge in [-0.1, -0.05) is 0 Å². The maximum atomic E-state index is 13.5. The van der Waals surface area contributed by atoms with Gasteiger partial charge in [-0.15, -0.1) is 0 Å². The van der Waals surface area contributed by atoms with E-state index in [2.05, 4.69) is 0 Å². The van der Waals surface area contributed by atoms with E-state index in [9.17, 15) is 13.6 Å². The van der Waals surface area contributed by atoms with Crippen molar-refractivity contribution in [3.8, 4) is 0 Å². The number of ether oxygens (including phenoxy) is 3. The van der Waals surface area contributed by atoms with Gasteiger partial charge in [0.2, 0.25) is 0 Å². The van der Waals surface area contributed by atoms with Gasteiger partial charge in [-0.3, -0.25) is 4.79 Å². The van der Waals surface area contributed by atoms with E-state index in [-0.39, 0.29) is 24.9 Å². The fourth-order valence-corrected chi connectivity index (χ4v) is 2.17. The van der Waals surface area contributed by atoms with Crippen molar-refractivity contribution in [1.82, 2.24) is 0 Å². The molecule has 4 nitrogen and oxygen atoms in total. The van der Waals surface area contributed by atoms with E-state index in [1.165, 1.54) is 0 Å². The summed E-state index contributed by atoms with van der Waals surface area (Å²) in [6, 6.07) is 2.26. The lowest BCUT2D eigenvalue weighted by atomic mass is 9.98. The van der Waals surface area contributed by atoms with E-state index in [0.717, 1.165) is 12.1 Å². The fourth-order valence-electron chi connectivity index (χ4n) is 2.17. The summed E-state index contributed by atoms with van der Waals surface area (Å²) in [5.74, 6) is -2.22. The predicted octanol–water partition coefficient (Wildman–Crippen LogP) is 2.94. The van der Waals surface area contributed by atoms with Gasteiger partial charge < -0.3 is 14.2 Å². The normalized spacial score (nSPS) is 18.1. The summed E-state index contributed by atoms with van der Waals surface area (Å²) in [5.41, 5.74) is 1.10. The molecule has 2 rings (SSSR count). The van der Waals surface area contributed by atoms with Gasteiger partial charge in [-0.05, 0) is 43.5 Å². The fraction of sp³-hybridized carbons (Fsp3) is 0.562. The molecule has 1 fully saturated rings. The number of epoxide rings is 1. The minimum atomic E-state index is -0.930. The maximum Gasteiger partial charge on any atom is 0.306 e. The van der Waals surface area contributed by atoms with Gasteiger partial charge in [0.1, 0.15) is 6.10 Å². The number of rotatable bonds is 8. The molecule has 1 aromatic rings. The second kappa shape index (κ2) is 7.65. The molecule has 6 heteroatoms. The third kappa shape index (κ3) is 4.74. The van der Waals surface area contributed by atoms with Crippen molar-refractivity contribution in [3.63, 3.8) is 0 Å². The molecule has 1 saturated heterocycles. The summed E-state index contributed by atoms with van der Waals surface area (Å²) >= 11 is 0. The van der Waals surface area contributed by atoms with Crippen LogP contribution in [0.1, 0.15) is 37.5 Å². The summed E-state index contributed by atoms with van der Waals surface area (Å²) in [6.07, 6.45) is 0.0795. The average Bonchev–Trinajstić information content (AvgIpc) is 3.30. The summed E-state index contributed by atoms with van der Waals surface area (Å²) in [5, 5.41) is 0. The molecule has 0 spiro atoms. The monoisotopic (exact) mass is 314 g/mol. The number of benzene rings is 1. The third-order valence-electron chi connectivity index (χ3n) is 3.46. The minimum absolute atomic E-state index is 0.0933. The Morgan fingerprint density at radius 2 is 2.09 bits per heavy atom. The van der Waals surface area contributed by atoms with Crippen LogP contribution in [0.5, 0.6) is 0 Å². The zero-order valence-electron chi connectivity index (χ0n) is 12.7. The first-order valence-electron chi connectivity index (χ1n) is 7.38. The Labute approximate surface area is 128 Å². The molecule has 0 amide bonds. The van der Waals surface area contributed by atoms with Crippen LogP contribution in [0.2, 0.25) is 0 Å². The second-order valence-electron chi connectivity index (χ2n) is 5.20. The average molecular weight is 314 g/mol. The van der Waals surface area contributed by atoms with E-state index in [0.29, 0.717) is 30.9 Å². The molecule has 0 unspecified atom stereocenters. The van der Waals surface area contributed by atoms with Crippen molar-refractivity contribution >= 4 is 5.97 Å². The van der Waals surface area contributed by atoms with Crippen molar-refractivity contribution < 1.29 is 27.8 Å². The quantitative estimate of drug-likeness (QED) is 0.547. The highest BCUT2D eigenvalue weighted by Crippen LogP contribution is 2.26. The molecule has 1 aliphatic rings. The molecular formula is C16H20F2O4. The first kappa shape index (κ1) is 16.8.